The number of alkyl halides is 3. The summed E-state index contributed by atoms with van der Waals surface area (Å²) < 4.78 is 43.2. The Morgan fingerprint density at radius 3 is 2.15 bits per heavy atom. The average molecular weight is 363 g/mol. The number of halogens is 3. The van der Waals surface area contributed by atoms with Gasteiger partial charge in [-0.2, -0.15) is 13.2 Å². The molecule has 0 bridgehead atoms. The second-order valence-electron chi connectivity index (χ2n) is 6.05. The van der Waals surface area contributed by atoms with Crippen molar-refractivity contribution in [3.05, 3.63) is 71.3 Å². The van der Waals surface area contributed by atoms with E-state index in [9.17, 15) is 22.8 Å². The smallest absolute Gasteiger partial charge is 0.416 e. The quantitative estimate of drug-likeness (QED) is 0.820. The first kappa shape index (κ1) is 18.0. The van der Waals surface area contributed by atoms with Gasteiger partial charge in [0.2, 0.25) is 6.10 Å². The largest absolute Gasteiger partial charge is 0.444 e. The van der Waals surface area contributed by atoms with Gasteiger partial charge in [-0.05, 0) is 37.1 Å². The predicted octanol–water partition coefficient (Wildman–Crippen LogP) is 3.88. The molecule has 1 aliphatic rings. The molecule has 1 fully saturated rings. The van der Waals surface area contributed by atoms with E-state index >= 15 is 0 Å². The summed E-state index contributed by atoms with van der Waals surface area (Å²) in [5.41, 5.74) is -0.427. The van der Waals surface area contributed by atoms with Crippen LogP contribution >= 0.6 is 0 Å². The number of benzene rings is 2. The molecule has 0 saturated heterocycles. The topological polar surface area (TPSA) is 55.4 Å². The van der Waals surface area contributed by atoms with Crippen LogP contribution in [0.2, 0.25) is 0 Å². The fraction of sp³-hybridized carbons (Fsp3) is 0.263. The zero-order valence-electron chi connectivity index (χ0n) is 13.6. The van der Waals surface area contributed by atoms with E-state index < -0.39 is 29.7 Å². The summed E-state index contributed by atoms with van der Waals surface area (Å²) in [5.74, 6) is -1.31. The lowest BCUT2D eigenvalue weighted by Gasteiger charge is -2.18. The Kier molecular flexibility index (Phi) is 4.97. The van der Waals surface area contributed by atoms with E-state index in [0.717, 1.165) is 37.1 Å². The van der Waals surface area contributed by atoms with Gasteiger partial charge in [-0.1, -0.05) is 30.3 Å². The monoisotopic (exact) mass is 363 g/mol. The van der Waals surface area contributed by atoms with Crippen molar-refractivity contribution in [2.45, 2.75) is 31.2 Å². The van der Waals surface area contributed by atoms with Gasteiger partial charge in [0.05, 0.1) is 11.1 Å². The Hall–Kier alpha value is -2.83. The van der Waals surface area contributed by atoms with E-state index in [1.807, 2.05) is 0 Å². The molecule has 1 atom stereocenters. The van der Waals surface area contributed by atoms with Crippen LogP contribution in [-0.2, 0) is 15.7 Å². The molecule has 0 aliphatic heterocycles. The third-order valence-electron chi connectivity index (χ3n) is 3.94. The maximum Gasteiger partial charge on any atom is 0.416 e. The van der Waals surface area contributed by atoms with Crippen LogP contribution in [0, 0.1) is 0 Å². The van der Waals surface area contributed by atoms with Crippen LogP contribution in [0.3, 0.4) is 0 Å². The third kappa shape index (κ3) is 4.41. The number of ether oxygens (including phenoxy) is 1. The van der Waals surface area contributed by atoms with Crippen LogP contribution in [0.1, 0.15) is 40.4 Å². The zero-order valence-corrected chi connectivity index (χ0v) is 13.6. The van der Waals surface area contributed by atoms with E-state index in [1.165, 1.54) is 0 Å². The number of esters is 1. The lowest BCUT2D eigenvalue weighted by molar-refractivity contribution is -0.137. The molecule has 0 radical (unpaired) electrons. The molecule has 136 valence electrons. The molecule has 1 aliphatic carbocycles. The third-order valence-corrected chi connectivity index (χ3v) is 3.94. The first-order chi connectivity index (χ1) is 12.3. The number of amides is 1. The van der Waals surface area contributed by atoms with Crippen LogP contribution in [0.15, 0.2) is 54.6 Å². The first-order valence-electron chi connectivity index (χ1n) is 8.08. The molecule has 1 amide bonds. The van der Waals surface area contributed by atoms with Crippen LogP contribution in [-0.4, -0.2) is 17.9 Å². The highest BCUT2D eigenvalue weighted by molar-refractivity contribution is 5.92. The van der Waals surface area contributed by atoms with Crippen LogP contribution in [0.5, 0.6) is 0 Å². The summed E-state index contributed by atoms with van der Waals surface area (Å²) in [5, 5.41) is 2.77. The molecule has 1 unspecified atom stereocenters. The van der Waals surface area contributed by atoms with E-state index in [4.69, 9.17) is 4.74 Å². The molecule has 0 heterocycles. The second kappa shape index (κ2) is 7.19. The van der Waals surface area contributed by atoms with Gasteiger partial charge >= 0.3 is 12.1 Å². The van der Waals surface area contributed by atoms with Gasteiger partial charge in [-0.15, -0.1) is 0 Å². The lowest BCUT2D eigenvalue weighted by Crippen LogP contribution is -2.33. The molecule has 7 heteroatoms. The maximum absolute atomic E-state index is 12.6. The minimum atomic E-state index is -4.49. The Labute approximate surface area is 148 Å². The van der Waals surface area contributed by atoms with Gasteiger partial charge in [-0.25, -0.2) is 4.79 Å². The summed E-state index contributed by atoms with van der Waals surface area (Å²) in [6.45, 7) is 0. The van der Waals surface area contributed by atoms with Crippen molar-refractivity contribution in [2.75, 3.05) is 0 Å². The molecule has 2 aromatic rings. The Balaban J connectivity index is 1.77. The van der Waals surface area contributed by atoms with Crippen molar-refractivity contribution < 1.29 is 27.5 Å². The van der Waals surface area contributed by atoms with Crippen LogP contribution < -0.4 is 5.32 Å². The minimum Gasteiger partial charge on any atom is -0.444 e. The summed E-state index contributed by atoms with van der Waals surface area (Å²) in [4.78, 5) is 24.7. The van der Waals surface area contributed by atoms with Gasteiger partial charge in [0.15, 0.2) is 0 Å². The van der Waals surface area contributed by atoms with Crippen LogP contribution in [0.4, 0.5) is 13.2 Å². The van der Waals surface area contributed by atoms with E-state index in [0.29, 0.717) is 5.56 Å². The molecule has 4 nitrogen and oxygen atoms in total. The highest BCUT2D eigenvalue weighted by atomic mass is 19.4. The van der Waals surface area contributed by atoms with Gasteiger partial charge in [-0.3, -0.25) is 4.79 Å². The standard InChI is InChI=1S/C19H16F3NO3/c20-19(21,22)14-8-6-13(7-9-14)18(25)26-16(12-4-2-1-3-5-12)17(24)23-15-10-11-15/h1-9,15-16H,10-11H2,(H,23,24). The fourth-order valence-corrected chi connectivity index (χ4v) is 2.38. The van der Waals surface area contributed by atoms with E-state index in [1.54, 1.807) is 30.3 Å². The van der Waals surface area contributed by atoms with Gasteiger partial charge < -0.3 is 10.1 Å². The zero-order chi connectivity index (χ0) is 18.7. The molecule has 1 saturated carbocycles. The van der Waals surface area contributed by atoms with Crippen molar-refractivity contribution >= 4 is 11.9 Å². The van der Waals surface area contributed by atoms with Crippen LogP contribution in [0.25, 0.3) is 0 Å². The van der Waals surface area contributed by atoms with Crippen molar-refractivity contribution in [3.63, 3.8) is 0 Å². The Bertz CT molecular complexity index is 784. The molecule has 26 heavy (non-hydrogen) atoms. The number of hydrogen-bond acceptors (Lipinski definition) is 3. The highest BCUT2D eigenvalue weighted by Gasteiger charge is 2.32. The van der Waals surface area contributed by atoms with Gasteiger partial charge in [0.25, 0.3) is 5.91 Å². The maximum atomic E-state index is 12.6. The number of carbonyl (C=O) groups excluding carboxylic acids is 2. The van der Waals surface area contributed by atoms with E-state index in [-0.39, 0.29) is 11.6 Å². The summed E-state index contributed by atoms with van der Waals surface area (Å²) in [6, 6.07) is 12.2. The average Bonchev–Trinajstić information content (AvgIpc) is 3.43. The minimum absolute atomic E-state index is 0.0573. The molecule has 0 aromatic heterocycles. The highest BCUT2D eigenvalue weighted by Crippen LogP contribution is 2.29. The van der Waals surface area contributed by atoms with Crippen molar-refractivity contribution in [2.24, 2.45) is 0 Å². The summed E-state index contributed by atoms with van der Waals surface area (Å²) in [6.07, 6.45) is -3.90. The number of carbonyl (C=O) groups is 2. The van der Waals surface area contributed by atoms with Crippen molar-refractivity contribution in [1.82, 2.24) is 5.32 Å². The van der Waals surface area contributed by atoms with Gasteiger partial charge in [0, 0.05) is 11.6 Å². The molecule has 1 N–H and O–H groups in total. The van der Waals surface area contributed by atoms with Crippen molar-refractivity contribution in [3.8, 4) is 0 Å². The second-order valence-corrected chi connectivity index (χ2v) is 6.05. The molecular formula is C19H16F3NO3. The summed E-state index contributed by atoms with van der Waals surface area (Å²) in [7, 11) is 0. The number of hydrogen-bond donors (Lipinski definition) is 1. The Morgan fingerprint density at radius 2 is 1.62 bits per heavy atom. The SMILES string of the molecule is O=C(OC(C(=O)NC1CC1)c1ccccc1)c1ccc(C(F)(F)F)cc1. The predicted molar refractivity (Wildman–Crippen MR) is 87.2 cm³/mol. The molecule has 0 spiro atoms. The molecule has 2 aromatic carbocycles. The summed E-state index contributed by atoms with van der Waals surface area (Å²) >= 11 is 0. The normalized spacial score (nSPS) is 15.2. The van der Waals surface area contributed by atoms with Crippen molar-refractivity contribution in [1.29, 1.82) is 0 Å². The first-order valence-corrected chi connectivity index (χ1v) is 8.08. The fourth-order valence-electron chi connectivity index (χ4n) is 2.38. The number of nitrogens with one attached hydrogen (secondary N) is 1. The Morgan fingerprint density at radius 1 is 1.00 bits per heavy atom. The van der Waals surface area contributed by atoms with E-state index in [2.05, 4.69) is 5.32 Å². The molecule has 3 rings (SSSR count). The lowest BCUT2D eigenvalue weighted by atomic mass is 10.1. The number of rotatable bonds is 5. The molecular weight excluding hydrogens is 347 g/mol. The van der Waals surface area contributed by atoms with Gasteiger partial charge in [0.1, 0.15) is 0 Å².